The Morgan fingerprint density at radius 2 is 1.35 bits per heavy atom. The summed E-state index contributed by atoms with van der Waals surface area (Å²) < 4.78 is 5.87. The van der Waals surface area contributed by atoms with Crippen LogP contribution < -0.4 is 9.64 Å². The van der Waals surface area contributed by atoms with E-state index in [4.69, 9.17) is 4.74 Å². The molecule has 0 spiro atoms. The van der Waals surface area contributed by atoms with Crippen LogP contribution in [0.1, 0.15) is 25.7 Å². The van der Waals surface area contributed by atoms with Gasteiger partial charge in [0.25, 0.3) is 0 Å². The van der Waals surface area contributed by atoms with E-state index in [1.807, 2.05) is 18.2 Å². The first-order valence-corrected chi connectivity index (χ1v) is 9.67. The standard InChI is InChI=1S/C24H31NO/c1-3-18-25(19-4-2)20-10-5-6-11-21-26-24-16-14-23(15-17-24)22-12-8-7-9-13-22/h3-4,7-9,12-17H,1-2,5-6,10-11,18-21H2/p+1. The largest absolute Gasteiger partial charge is 0.494 e. The lowest BCUT2D eigenvalue weighted by Crippen LogP contribution is -3.11. The van der Waals surface area contributed by atoms with Gasteiger partial charge in [0.1, 0.15) is 5.75 Å². The van der Waals surface area contributed by atoms with Crippen LogP contribution in [0.3, 0.4) is 0 Å². The number of rotatable bonds is 13. The minimum Gasteiger partial charge on any atom is -0.494 e. The number of quaternary nitrogens is 1. The fourth-order valence-electron chi connectivity index (χ4n) is 3.09. The van der Waals surface area contributed by atoms with Crippen LogP contribution in [0.4, 0.5) is 0 Å². The molecule has 2 aromatic carbocycles. The molecule has 0 fully saturated rings. The molecular formula is C24H32NO+. The molecule has 2 nitrogen and oxygen atoms in total. The van der Waals surface area contributed by atoms with Gasteiger partial charge in [-0.15, -0.1) is 0 Å². The van der Waals surface area contributed by atoms with E-state index < -0.39 is 0 Å². The molecule has 26 heavy (non-hydrogen) atoms. The smallest absolute Gasteiger partial charge is 0.119 e. The molecule has 0 aliphatic heterocycles. The summed E-state index contributed by atoms with van der Waals surface area (Å²) in [6, 6.07) is 18.8. The predicted molar refractivity (Wildman–Crippen MR) is 112 cm³/mol. The second kappa shape index (κ2) is 12.1. The molecule has 0 unspecified atom stereocenters. The fourth-order valence-corrected chi connectivity index (χ4v) is 3.09. The Morgan fingerprint density at radius 1 is 0.731 bits per heavy atom. The summed E-state index contributed by atoms with van der Waals surface area (Å²) in [5.74, 6) is 0.956. The predicted octanol–water partition coefficient (Wildman–Crippen LogP) is 4.55. The summed E-state index contributed by atoms with van der Waals surface area (Å²) in [6.45, 7) is 11.7. The third kappa shape index (κ3) is 7.28. The van der Waals surface area contributed by atoms with E-state index in [2.05, 4.69) is 61.7 Å². The summed E-state index contributed by atoms with van der Waals surface area (Å²) in [7, 11) is 0. The highest BCUT2D eigenvalue weighted by Gasteiger charge is 2.03. The average Bonchev–Trinajstić information content (AvgIpc) is 2.69. The van der Waals surface area contributed by atoms with Crippen LogP contribution in [0.2, 0.25) is 0 Å². The first kappa shape index (κ1) is 20.0. The number of hydrogen-bond donors (Lipinski definition) is 1. The van der Waals surface area contributed by atoms with Crippen LogP contribution >= 0.6 is 0 Å². The maximum absolute atomic E-state index is 5.87. The van der Waals surface area contributed by atoms with Gasteiger partial charge in [-0.25, -0.2) is 0 Å². The van der Waals surface area contributed by atoms with Crippen LogP contribution in [0, 0.1) is 0 Å². The van der Waals surface area contributed by atoms with Crippen LogP contribution in [0.25, 0.3) is 11.1 Å². The highest BCUT2D eigenvalue weighted by molar-refractivity contribution is 5.63. The van der Waals surface area contributed by atoms with E-state index in [0.717, 1.165) is 31.9 Å². The van der Waals surface area contributed by atoms with Crippen molar-refractivity contribution in [2.45, 2.75) is 25.7 Å². The van der Waals surface area contributed by atoms with Crippen LogP contribution in [-0.2, 0) is 0 Å². The molecule has 0 saturated heterocycles. The van der Waals surface area contributed by atoms with Crippen molar-refractivity contribution in [2.75, 3.05) is 26.2 Å². The van der Waals surface area contributed by atoms with Gasteiger partial charge in [-0.2, -0.15) is 0 Å². The van der Waals surface area contributed by atoms with Crippen LogP contribution in [0.15, 0.2) is 79.9 Å². The minimum absolute atomic E-state index is 0.792. The molecule has 0 amide bonds. The van der Waals surface area contributed by atoms with Crippen molar-refractivity contribution in [3.8, 4) is 16.9 Å². The quantitative estimate of drug-likeness (QED) is 0.413. The number of benzene rings is 2. The molecule has 0 saturated carbocycles. The number of unbranched alkanes of at least 4 members (excludes halogenated alkanes) is 3. The van der Waals surface area contributed by atoms with Gasteiger partial charge in [0.05, 0.1) is 26.2 Å². The molecule has 0 aromatic heterocycles. The van der Waals surface area contributed by atoms with Crippen molar-refractivity contribution in [1.29, 1.82) is 0 Å². The molecule has 0 radical (unpaired) electrons. The van der Waals surface area contributed by atoms with E-state index in [9.17, 15) is 0 Å². The second-order valence-electron chi connectivity index (χ2n) is 6.64. The zero-order valence-corrected chi connectivity index (χ0v) is 15.8. The Labute approximate surface area is 158 Å². The van der Waals surface area contributed by atoms with Gasteiger partial charge in [0.15, 0.2) is 0 Å². The summed E-state index contributed by atoms with van der Waals surface area (Å²) >= 11 is 0. The molecule has 2 heteroatoms. The lowest BCUT2D eigenvalue weighted by molar-refractivity contribution is -0.888. The normalized spacial score (nSPS) is 10.7. The Kier molecular flexibility index (Phi) is 9.31. The second-order valence-corrected chi connectivity index (χ2v) is 6.64. The van der Waals surface area contributed by atoms with Crippen molar-refractivity contribution in [2.24, 2.45) is 0 Å². The monoisotopic (exact) mass is 350 g/mol. The van der Waals surface area contributed by atoms with Gasteiger partial charge in [-0.3, -0.25) is 0 Å². The van der Waals surface area contributed by atoms with Gasteiger partial charge in [-0.1, -0.05) is 55.6 Å². The number of nitrogens with one attached hydrogen (secondary N) is 1. The van der Waals surface area contributed by atoms with E-state index in [1.54, 1.807) is 4.90 Å². The molecule has 0 aliphatic carbocycles. The maximum Gasteiger partial charge on any atom is 0.119 e. The summed E-state index contributed by atoms with van der Waals surface area (Å²) in [6.07, 6.45) is 8.83. The van der Waals surface area contributed by atoms with Crippen LogP contribution in [-0.4, -0.2) is 26.2 Å². The highest BCUT2D eigenvalue weighted by atomic mass is 16.5. The van der Waals surface area contributed by atoms with Gasteiger partial charge in [0.2, 0.25) is 0 Å². The van der Waals surface area contributed by atoms with Gasteiger partial charge in [-0.05, 0) is 61.1 Å². The molecule has 1 N–H and O–H groups in total. The first-order chi connectivity index (χ1) is 12.8. The maximum atomic E-state index is 5.87. The Bertz CT molecular complexity index is 623. The van der Waals surface area contributed by atoms with Gasteiger partial charge < -0.3 is 9.64 Å². The molecule has 0 aliphatic rings. The molecular weight excluding hydrogens is 318 g/mol. The van der Waals surface area contributed by atoms with Crippen molar-refractivity contribution < 1.29 is 9.64 Å². The van der Waals surface area contributed by atoms with Crippen molar-refractivity contribution in [3.63, 3.8) is 0 Å². The van der Waals surface area contributed by atoms with Gasteiger partial charge >= 0.3 is 0 Å². The topological polar surface area (TPSA) is 13.7 Å². The number of hydrogen-bond acceptors (Lipinski definition) is 1. The van der Waals surface area contributed by atoms with Crippen molar-refractivity contribution >= 4 is 0 Å². The third-order valence-corrected chi connectivity index (χ3v) is 4.52. The molecule has 0 heterocycles. The molecule has 0 atom stereocenters. The third-order valence-electron chi connectivity index (χ3n) is 4.52. The first-order valence-electron chi connectivity index (χ1n) is 9.67. The molecule has 2 aromatic rings. The Morgan fingerprint density at radius 3 is 2.00 bits per heavy atom. The van der Waals surface area contributed by atoms with E-state index in [1.165, 1.54) is 36.9 Å². The summed E-state index contributed by atoms with van der Waals surface area (Å²) in [4.78, 5) is 1.55. The van der Waals surface area contributed by atoms with Crippen LogP contribution in [0.5, 0.6) is 5.75 Å². The van der Waals surface area contributed by atoms with Gasteiger partial charge in [0, 0.05) is 0 Å². The zero-order chi connectivity index (χ0) is 18.5. The molecule has 138 valence electrons. The Balaban J connectivity index is 1.60. The fraction of sp³-hybridized carbons (Fsp3) is 0.333. The number of ether oxygens (including phenoxy) is 1. The highest BCUT2D eigenvalue weighted by Crippen LogP contribution is 2.22. The summed E-state index contributed by atoms with van der Waals surface area (Å²) in [5, 5.41) is 0. The van der Waals surface area contributed by atoms with Crippen molar-refractivity contribution in [1.82, 2.24) is 0 Å². The van der Waals surface area contributed by atoms with Crippen molar-refractivity contribution in [3.05, 3.63) is 79.9 Å². The minimum atomic E-state index is 0.792. The Hall–Kier alpha value is -2.32. The lowest BCUT2D eigenvalue weighted by atomic mass is 10.1. The van der Waals surface area contributed by atoms with E-state index in [-0.39, 0.29) is 0 Å². The average molecular weight is 351 g/mol. The molecule has 0 bridgehead atoms. The van der Waals surface area contributed by atoms with E-state index in [0.29, 0.717) is 0 Å². The lowest BCUT2D eigenvalue weighted by Gasteiger charge is -2.15. The zero-order valence-electron chi connectivity index (χ0n) is 15.8. The van der Waals surface area contributed by atoms with E-state index >= 15 is 0 Å². The summed E-state index contributed by atoms with van der Waals surface area (Å²) in [5.41, 5.74) is 2.46. The molecule has 2 rings (SSSR count). The SMILES string of the molecule is C=CC[NH+](CC=C)CCCCCCOc1ccc(-c2ccccc2)cc1.